The summed E-state index contributed by atoms with van der Waals surface area (Å²) in [5.41, 5.74) is 1.61. The molecule has 0 spiro atoms. The molecule has 0 atom stereocenters. The molecule has 0 bridgehead atoms. The molecule has 0 N–H and O–H groups in total. The second kappa shape index (κ2) is 4.17. The predicted molar refractivity (Wildman–Crippen MR) is 72.2 cm³/mol. The largest absolute Gasteiger partial charge is 0.454 e. The summed E-state index contributed by atoms with van der Waals surface area (Å²) < 4.78 is 6.51. The summed E-state index contributed by atoms with van der Waals surface area (Å²) in [6.45, 7) is 0. The topological polar surface area (TPSA) is 26.0 Å². The number of pyridine rings is 1. The maximum absolute atomic E-state index is 5.93. The zero-order valence-corrected chi connectivity index (χ0v) is 11.0. The molecule has 3 rings (SSSR count). The summed E-state index contributed by atoms with van der Waals surface area (Å²) >= 11 is 9.28. The van der Waals surface area contributed by atoms with Gasteiger partial charge in [-0.05, 0) is 52.3 Å². The van der Waals surface area contributed by atoms with Gasteiger partial charge in [-0.15, -0.1) is 0 Å². The summed E-state index contributed by atoms with van der Waals surface area (Å²) in [6, 6.07) is 13.2. The molecule has 0 aliphatic heterocycles. The zero-order valence-electron chi connectivity index (χ0n) is 8.65. The maximum Gasteiger partial charge on any atom is 0.153 e. The van der Waals surface area contributed by atoms with Crippen molar-refractivity contribution in [2.24, 2.45) is 0 Å². The minimum Gasteiger partial charge on any atom is -0.454 e. The van der Waals surface area contributed by atoms with Crippen LogP contribution in [0.3, 0.4) is 0 Å². The van der Waals surface area contributed by atoms with Crippen molar-refractivity contribution >= 4 is 38.5 Å². The Bertz CT molecular complexity index is 693. The second-order valence-corrected chi connectivity index (χ2v) is 4.89. The Balaban J connectivity index is 2.18. The molecule has 3 aromatic rings. The van der Waals surface area contributed by atoms with Crippen LogP contribution in [0.25, 0.3) is 22.4 Å². The Morgan fingerprint density at radius 1 is 1.12 bits per heavy atom. The first-order valence-electron chi connectivity index (χ1n) is 5.04. The normalized spacial score (nSPS) is 10.9. The highest BCUT2D eigenvalue weighted by Crippen LogP contribution is 2.29. The van der Waals surface area contributed by atoms with Crippen molar-refractivity contribution in [1.82, 2.24) is 4.98 Å². The van der Waals surface area contributed by atoms with Crippen LogP contribution in [-0.2, 0) is 0 Å². The molecule has 0 saturated carbocycles. The fraction of sp³-hybridized carbons (Fsp3) is 0. The summed E-state index contributed by atoms with van der Waals surface area (Å²) in [6.07, 6.45) is 0. The lowest BCUT2D eigenvalue weighted by Gasteiger charge is -1.95. The van der Waals surface area contributed by atoms with E-state index in [9.17, 15) is 0 Å². The Morgan fingerprint density at radius 2 is 2.00 bits per heavy atom. The molecule has 0 fully saturated rings. The van der Waals surface area contributed by atoms with Crippen molar-refractivity contribution in [2.75, 3.05) is 0 Å². The molecule has 0 amide bonds. The van der Waals surface area contributed by atoms with Gasteiger partial charge < -0.3 is 4.42 Å². The molecule has 84 valence electrons. The minimum atomic E-state index is 0.701. The molecule has 0 unspecified atom stereocenters. The fourth-order valence-corrected chi connectivity index (χ4v) is 2.21. The molecule has 0 saturated heterocycles. The zero-order chi connectivity index (χ0) is 11.8. The molecule has 0 radical (unpaired) electrons. The third-order valence-electron chi connectivity index (χ3n) is 2.45. The summed E-state index contributed by atoms with van der Waals surface area (Å²) in [4.78, 5) is 4.35. The van der Waals surface area contributed by atoms with Crippen LogP contribution in [0, 0.1) is 0 Å². The van der Waals surface area contributed by atoms with E-state index < -0.39 is 0 Å². The lowest BCUT2D eigenvalue weighted by molar-refractivity contribution is 0.628. The Hall–Kier alpha value is -1.32. The summed E-state index contributed by atoms with van der Waals surface area (Å²) in [5.74, 6) is 0.739. The van der Waals surface area contributed by atoms with Gasteiger partial charge >= 0.3 is 0 Å². The molecule has 4 heteroatoms. The maximum atomic E-state index is 5.93. The number of hydrogen-bond acceptors (Lipinski definition) is 2. The number of aromatic nitrogens is 1. The van der Waals surface area contributed by atoms with E-state index in [4.69, 9.17) is 16.0 Å². The van der Waals surface area contributed by atoms with Crippen LogP contribution in [0.4, 0.5) is 0 Å². The van der Waals surface area contributed by atoms with Crippen LogP contribution in [0.2, 0.25) is 5.02 Å². The first-order chi connectivity index (χ1) is 8.22. The van der Waals surface area contributed by atoms with Crippen LogP contribution in [-0.4, -0.2) is 4.98 Å². The fourth-order valence-electron chi connectivity index (χ4n) is 1.69. The van der Waals surface area contributed by atoms with E-state index in [0.717, 1.165) is 27.0 Å². The molecule has 2 heterocycles. The predicted octanol–water partition coefficient (Wildman–Crippen LogP) is 4.91. The Morgan fingerprint density at radius 3 is 2.82 bits per heavy atom. The summed E-state index contributed by atoms with van der Waals surface area (Å²) in [5, 5.41) is 1.68. The minimum absolute atomic E-state index is 0.701. The van der Waals surface area contributed by atoms with Gasteiger partial charge in [0.1, 0.15) is 15.9 Å². The van der Waals surface area contributed by atoms with E-state index in [1.807, 2.05) is 42.5 Å². The highest BCUT2D eigenvalue weighted by atomic mass is 79.9. The van der Waals surface area contributed by atoms with Gasteiger partial charge in [0.2, 0.25) is 0 Å². The SMILES string of the molecule is Clc1ccc2oc(-c3cccc(Br)n3)cc2c1. The highest BCUT2D eigenvalue weighted by molar-refractivity contribution is 9.10. The van der Waals surface area contributed by atoms with E-state index >= 15 is 0 Å². The van der Waals surface area contributed by atoms with Gasteiger partial charge in [-0.25, -0.2) is 4.98 Å². The smallest absolute Gasteiger partial charge is 0.153 e. The van der Waals surface area contributed by atoms with E-state index in [0.29, 0.717) is 5.02 Å². The standard InChI is InChI=1S/C13H7BrClNO/c14-13-3-1-2-10(16-13)12-7-8-6-9(15)4-5-11(8)17-12/h1-7H. The van der Waals surface area contributed by atoms with Crippen molar-refractivity contribution < 1.29 is 4.42 Å². The van der Waals surface area contributed by atoms with E-state index in [1.165, 1.54) is 0 Å². The van der Waals surface area contributed by atoms with Crippen LogP contribution >= 0.6 is 27.5 Å². The third-order valence-corrected chi connectivity index (χ3v) is 3.12. The molecular weight excluding hydrogens is 302 g/mol. The van der Waals surface area contributed by atoms with E-state index in [1.54, 1.807) is 0 Å². The summed E-state index contributed by atoms with van der Waals surface area (Å²) in [7, 11) is 0. The number of hydrogen-bond donors (Lipinski definition) is 0. The molecule has 0 aliphatic rings. The van der Waals surface area contributed by atoms with Gasteiger partial charge in [0.05, 0.1) is 0 Å². The molecule has 2 nitrogen and oxygen atoms in total. The number of rotatable bonds is 1. The molecular formula is C13H7BrClNO. The van der Waals surface area contributed by atoms with Gasteiger partial charge in [-0.3, -0.25) is 0 Å². The van der Waals surface area contributed by atoms with Crippen molar-refractivity contribution in [1.29, 1.82) is 0 Å². The number of benzene rings is 1. The number of halogens is 2. The lowest BCUT2D eigenvalue weighted by atomic mass is 10.2. The van der Waals surface area contributed by atoms with Gasteiger partial charge in [0, 0.05) is 10.4 Å². The molecule has 0 aliphatic carbocycles. The Kier molecular flexibility index (Phi) is 2.65. The monoisotopic (exact) mass is 307 g/mol. The van der Waals surface area contributed by atoms with Gasteiger partial charge in [0.25, 0.3) is 0 Å². The highest BCUT2D eigenvalue weighted by Gasteiger charge is 2.07. The van der Waals surface area contributed by atoms with Crippen molar-refractivity contribution in [3.8, 4) is 11.5 Å². The average Bonchev–Trinajstić information content (AvgIpc) is 2.72. The van der Waals surface area contributed by atoms with Gasteiger partial charge in [-0.2, -0.15) is 0 Å². The quantitative estimate of drug-likeness (QED) is 0.597. The van der Waals surface area contributed by atoms with Crippen molar-refractivity contribution in [2.45, 2.75) is 0 Å². The first-order valence-corrected chi connectivity index (χ1v) is 6.21. The average molecular weight is 309 g/mol. The van der Waals surface area contributed by atoms with E-state index in [-0.39, 0.29) is 0 Å². The first kappa shape index (κ1) is 10.8. The number of fused-ring (bicyclic) bond motifs is 1. The second-order valence-electron chi connectivity index (χ2n) is 3.64. The molecule has 17 heavy (non-hydrogen) atoms. The van der Waals surface area contributed by atoms with Gasteiger partial charge in [0.15, 0.2) is 5.76 Å². The van der Waals surface area contributed by atoms with Crippen molar-refractivity contribution in [3.05, 3.63) is 52.1 Å². The lowest BCUT2D eigenvalue weighted by Crippen LogP contribution is -1.80. The van der Waals surface area contributed by atoms with Crippen molar-refractivity contribution in [3.63, 3.8) is 0 Å². The third kappa shape index (κ3) is 2.08. The van der Waals surface area contributed by atoms with Crippen LogP contribution in [0.5, 0.6) is 0 Å². The van der Waals surface area contributed by atoms with E-state index in [2.05, 4.69) is 20.9 Å². The van der Waals surface area contributed by atoms with Crippen LogP contribution < -0.4 is 0 Å². The van der Waals surface area contributed by atoms with Gasteiger partial charge in [-0.1, -0.05) is 17.7 Å². The molecule has 2 aromatic heterocycles. The van der Waals surface area contributed by atoms with Crippen LogP contribution in [0.1, 0.15) is 0 Å². The number of nitrogens with zero attached hydrogens (tertiary/aromatic N) is 1. The Labute approximate surface area is 111 Å². The van der Waals surface area contributed by atoms with Crippen LogP contribution in [0.15, 0.2) is 51.5 Å². The molecule has 1 aromatic carbocycles. The number of furan rings is 1.